The molecule has 7 nitrogen and oxygen atoms in total. The Labute approximate surface area is 141 Å². The van der Waals surface area contributed by atoms with Gasteiger partial charge in [-0.2, -0.15) is 0 Å². The van der Waals surface area contributed by atoms with Gasteiger partial charge in [-0.25, -0.2) is 9.89 Å². The van der Waals surface area contributed by atoms with Gasteiger partial charge in [0.2, 0.25) is 5.69 Å². The second-order valence-electron chi connectivity index (χ2n) is 5.33. The number of aromatic nitrogens is 4. The van der Waals surface area contributed by atoms with Crippen LogP contribution in [0, 0.1) is 0 Å². The number of nitrogens with one attached hydrogen (secondary N) is 1. The minimum atomic E-state index is -1.21. The summed E-state index contributed by atoms with van der Waals surface area (Å²) in [6.45, 7) is 0. The summed E-state index contributed by atoms with van der Waals surface area (Å²) in [5.74, 6) is -0.736. The molecule has 0 aliphatic heterocycles. The first kappa shape index (κ1) is 14.8. The maximum Gasteiger partial charge on any atom is 0.362 e. The van der Waals surface area contributed by atoms with E-state index >= 15 is 0 Å². The van der Waals surface area contributed by atoms with Crippen LogP contribution in [0.15, 0.2) is 60.9 Å². The van der Waals surface area contributed by atoms with Crippen LogP contribution in [-0.4, -0.2) is 31.5 Å². The molecule has 2 aromatic heterocycles. The van der Waals surface area contributed by atoms with E-state index in [9.17, 15) is 4.79 Å². The number of ether oxygens (including phenoxy) is 1. The lowest BCUT2D eigenvalue weighted by atomic mass is 10.0. The largest absolute Gasteiger partial charge is 0.476 e. The zero-order valence-electron chi connectivity index (χ0n) is 12.9. The molecule has 2 heterocycles. The monoisotopic (exact) mass is 332 g/mol. The van der Waals surface area contributed by atoms with E-state index in [4.69, 9.17) is 9.84 Å². The highest BCUT2D eigenvalue weighted by molar-refractivity contribution is 5.95. The molecule has 0 amide bonds. The number of H-pyrrole nitrogens is 1. The Bertz CT molecular complexity index is 1050. The highest BCUT2D eigenvalue weighted by atomic mass is 16.5. The molecule has 7 heteroatoms. The molecular formula is C18H12N4O3. The number of fused-ring (bicyclic) bond motifs is 1. The minimum Gasteiger partial charge on any atom is -0.476 e. The molecule has 0 saturated heterocycles. The van der Waals surface area contributed by atoms with Crippen molar-refractivity contribution in [3.8, 4) is 22.8 Å². The molecule has 0 fully saturated rings. The van der Waals surface area contributed by atoms with Crippen molar-refractivity contribution in [2.75, 3.05) is 0 Å². The second kappa shape index (κ2) is 6.04. The molecule has 0 atom stereocenters. The topological polar surface area (TPSA) is 101 Å². The summed E-state index contributed by atoms with van der Waals surface area (Å²) in [7, 11) is 0. The molecule has 0 bridgehead atoms. The summed E-state index contributed by atoms with van der Waals surface area (Å²) in [6.07, 6.45) is 3.65. The maximum absolute atomic E-state index is 11.0. The van der Waals surface area contributed by atoms with Gasteiger partial charge in [0.05, 0.1) is 0 Å². The van der Waals surface area contributed by atoms with E-state index in [0.29, 0.717) is 5.75 Å². The van der Waals surface area contributed by atoms with Crippen molar-refractivity contribution in [3.05, 3.63) is 66.6 Å². The van der Waals surface area contributed by atoms with Crippen LogP contribution >= 0.6 is 0 Å². The Morgan fingerprint density at radius 1 is 1.04 bits per heavy atom. The number of pyridine rings is 1. The van der Waals surface area contributed by atoms with Gasteiger partial charge in [-0.05, 0) is 23.1 Å². The van der Waals surface area contributed by atoms with E-state index in [-0.39, 0.29) is 11.6 Å². The van der Waals surface area contributed by atoms with Crippen LogP contribution in [0.3, 0.4) is 0 Å². The number of aromatic carboxylic acids is 1. The van der Waals surface area contributed by atoms with Crippen molar-refractivity contribution in [2.24, 2.45) is 0 Å². The van der Waals surface area contributed by atoms with E-state index in [2.05, 4.69) is 20.4 Å². The van der Waals surface area contributed by atoms with Crippen molar-refractivity contribution in [1.82, 2.24) is 20.4 Å². The molecular weight excluding hydrogens is 320 g/mol. The smallest absolute Gasteiger partial charge is 0.362 e. The van der Waals surface area contributed by atoms with E-state index in [1.807, 2.05) is 48.8 Å². The van der Waals surface area contributed by atoms with Crippen molar-refractivity contribution < 1.29 is 14.6 Å². The van der Waals surface area contributed by atoms with Crippen LogP contribution in [0.2, 0.25) is 0 Å². The summed E-state index contributed by atoms with van der Waals surface area (Å²) >= 11 is 0. The second-order valence-corrected chi connectivity index (χ2v) is 5.33. The van der Waals surface area contributed by atoms with Gasteiger partial charge in [0.25, 0.3) is 5.88 Å². The zero-order chi connectivity index (χ0) is 17.2. The van der Waals surface area contributed by atoms with Gasteiger partial charge < -0.3 is 9.84 Å². The fraction of sp³-hybridized carbons (Fsp3) is 0. The third kappa shape index (κ3) is 2.78. The van der Waals surface area contributed by atoms with Crippen molar-refractivity contribution in [3.63, 3.8) is 0 Å². The first-order valence-corrected chi connectivity index (χ1v) is 7.48. The van der Waals surface area contributed by atoms with Crippen molar-refractivity contribution >= 4 is 16.7 Å². The van der Waals surface area contributed by atoms with E-state index in [0.717, 1.165) is 21.9 Å². The van der Waals surface area contributed by atoms with Crippen LogP contribution in [0.4, 0.5) is 0 Å². The summed E-state index contributed by atoms with van der Waals surface area (Å²) in [5.41, 5.74) is 1.74. The molecule has 122 valence electrons. The molecule has 4 rings (SSSR count). The molecule has 0 radical (unpaired) electrons. The number of hydrogen-bond acceptors (Lipinski definition) is 5. The molecule has 0 saturated carbocycles. The minimum absolute atomic E-state index is 0.00734. The Morgan fingerprint density at radius 2 is 1.84 bits per heavy atom. The number of carboxylic acid groups (broad SMARTS) is 1. The Morgan fingerprint density at radius 3 is 2.64 bits per heavy atom. The summed E-state index contributed by atoms with van der Waals surface area (Å²) in [5, 5.41) is 20.5. The number of rotatable bonds is 4. The highest BCUT2D eigenvalue weighted by Crippen LogP contribution is 2.30. The number of carbonyl (C=O) groups is 1. The fourth-order valence-electron chi connectivity index (χ4n) is 2.60. The molecule has 4 aromatic rings. The lowest BCUT2D eigenvalue weighted by molar-refractivity contribution is 0.0687. The maximum atomic E-state index is 11.0. The quantitative estimate of drug-likeness (QED) is 0.593. The van der Waals surface area contributed by atoms with Crippen LogP contribution in [0.1, 0.15) is 10.5 Å². The SMILES string of the molecule is O=C(O)c1nn[nH]c1Oc1ccc(-c2cncc3ccccc23)cc1. The van der Waals surface area contributed by atoms with Crippen LogP contribution in [0.25, 0.3) is 21.9 Å². The first-order valence-electron chi connectivity index (χ1n) is 7.48. The Balaban J connectivity index is 1.66. The molecule has 0 unspecified atom stereocenters. The van der Waals surface area contributed by atoms with Crippen LogP contribution in [-0.2, 0) is 0 Å². The lowest BCUT2D eigenvalue weighted by Gasteiger charge is -2.08. The van der Waals surface area contributed by atoms with Gasteiger partial charge in [-0.15, -0.1) is 5.10 Å². The number of hydrogen-bond donors (Lipinski definition) is 2. The average molecular weight is 332 g/mol. The molecule has 25 heavy (non-hydrogen) atoms. The average Bonchev–Trinajstić information content (AvgIpc) is 3.10. The molecule has 0 aliphatic rings. The predicted octanol–water partition coefficient (Wildman–Crippen LogP) is 3.51. The highest BCUT2D eigenvalue weighted by Gasteiger charge is 2.16. The first-order chi connectivity index (χ1) is 12.2. The summed E-state index contributed by atoms with van der Waals surface area (Å²) < 4.78 is 5.51. The molecule has 2 N–H and O–H groups in total. The third-order valence-electron chi connectivity index (χ3n) is 3.77. The molecule has 2 aromatic carbocycles. The molecule has 0 aliphatic carbocycles. The van der Waals surface area contributed by atoms with E-state index in [1.165, 1.54) is 0 Å². The Hall–Kier alpha value is -3.74. The number of nitrogens with zero attached hydrogens (tertiary/aromatic N) is 3. The van der Waals surface area contributed by atoms with Crippen LogP contribution < -0.4 is 4.74 Å². The standard InChI is InChI=1S/C18H12N4O3/c23-18(24)16-17(21-22-20-16)25-13-7-5-11(6-8-13)15-10-19-9-12-3-1-2-4-14(12)15/h1-10H,(H,23,24)(H,20,21,22). The van der Waals surface area contributed by atoms with Crippen molar-refractivity contribution in [1.29, 1.82) is 0 Å². The Kier molecular flexibility index (Phi) is 3.59. The third-order valence-corrected chi connectivity index (χ3v) is 3.77. The summed E-state index contributed by atoms with van der Waals surface area (Å²) in [4.78, 5) is 15.3. The number of benzene rings is 2. The number of carboxylic acids is 1. The van der Waals surface area contributed by atoms with Crippen LogP contribution in [0.5, 0.6) is 11.6 Å². The van der Waals surface area contributed by atoms with Gasteiger partial charge in [-0.1, -0.05) is 41.6 Å². The molecule has 0 spiro atoms. The van der Waals surface area contributed by atoms with Gasteiger partial charge in [0, 0.05) is 23.3 Å². The fourth-order valence-corrected chi connectivity index (χ4v) is 2.60. The van der Waals surface area contributed by atoms with Gasteiger partial charge in [-0.3, -0.25) is 4.98 Å². The van der Waals surface area contributed by atoms with E-state index < -0.39 is 5.97 Å². The van der Waals surface area contributed by atoms with Gasteiger partial charge >= 0.3 is 5.97 Å². The van der Waals surface area contributed by atoms with Crippen molar-refractivity contribution in [2.45, 2.75) is 0 Å². The summed E-state index contributed by atoms with van der Waals surface area (Å²) in [6, 6.07) is 15.3. The van der Waals surface area contributed by atoms with E-state index in [1.54, 1.807) is 12.1 Å². The zero-order valence-corrected chi connectivity index (χ0v) is 12.9. The lowest BCUT2D eigenvalue weighted by Crippen LogP contribution is -1.99. The normalized spacial score (nSPS) is 10.7. The van der Waals surface area contributed by atoms with Gasteiger partial charge in [0.15, 0.2) is 0 Å². The van der Waals surface area contributed by atoms with Gasteiger partial charge in [0.1, 0.15) is 5.75 Å². The number of aromatic amines is 1. The predicted molar refractivity (Wildman–Crippen MR) is 90.6 cm³/mol.